The number of anilines is 2. The number of nitrogens with zero attached hydrogens (tertiary/aromatic N) is 3. The summed E-state index contributed by atoms with van der Waals surface area (Å²) in [7, 11) is -3.29. The summed E-state index contributed by atoms with van der Waals surface area (Å²) in [5.74, 6) is 1.07. The zero-order valence-corrected chi connectivity index (χ0v) is 18.6. The number of fused-ring (bicyclic) bond motifs is 1. The van der Waals surface area contributed by atoms with Crippen LogP contribution in [0.15, 0.2) is 45.4 Å². The number of benzene rings is 1. The molecule has 0 spiro atoms. The number of carbonyl (C=O) groups is 1. The molecule has 0 aliphatic carbocycles. The largest absolute Gasteiger partial charge is 0.467 e. The highest BCUT2D eigenvalue weighted by Gasteiger charge is 2.28. The van der Waals surface area contributed by atoms with E-state index in [4.69, 9.17) is 4.42 Å². The number of furan rings is 1. The summed E-state index contributed by atoms with van der Waals surface area (Å²) in [6.45, 7) is 2.58. The Morgan fingerprint density at radius 1 is 1.33 bits per heavy atom. The van der Waals surface area contributed by atoms with Crippen molar-refractivity contribution >= 4 is 49.7 Å². The zero-order valence-electron chi connectivity index (χ0n) is 16.2. The van der Waals surface area contributed by atoms with Crippen molar-refractivity contribution in [2.75, 3.05) is 27.7 Å². The smallest absolute Gasteiger partial charge is 0.234 e. The van der Waals surface area contributed by atoms with Gasteiger partial charge in [-0.3, -0.25) is 9.10 Å². The number of aromatic nitrogens is 2. The van der Waals surface area contributed by atoms with Crippen molar-refractivity contribution in [2.24, 2.45) is 0 Å². The summed E-state index contributed by atoms with van der Waals surface area (Å²) in [4.78, 5) is 12.6. The number of Topliss-reactive ketones (excluding diaryl/α,β-unsaturated/α-hetero) is 1. The number of rotatable bonds is 9. The fourth-order valence-electron chi connectivity index (χ4n) is 3.12. The quantitative estimate of drug-likeness (QED) is 0.379. The van der Waals surface area contributed by atoms with Gasteiger partial charge in [-0.1, -0.05) is 23.1 Å². The molecule has 0 fully saturated rings. The van der Waals surface area contributed by atoms with E-state index < -0.39 is 10.0 Å². The van der Waals surface area contributed by atoms with E-state index in [-0.39, 0.29) is 17.3 Å². The number of ketones is 1. The van der Waals surface area contributed by atoms with Gasteiger partial charge in [0.15, 0.2) is 10.1 Å². The van der Waals surface area contributed by atoms with E-state index >= 15 is 0 Å². The van der Waals surface area contributed by atoms with Crippen LogP contribution < -0.4 is 9.62 Å². The van der Waals surface area contributed by atoms with Crippen molar-refractivity contribution in [1.82, 2.24) is 10.2 Å². The topological polar surface area (TPSA) is 105 Å². The molecule has 158 valence electrons. The van der Waals surface area contributed by atoms with E-state index in [1.165, 1.54) is 27.4 Å². The summed E-state index contributed by atoms with van der Waals surface area (Å²) < 4.78 is 31.8. The number of hydrogen-bond donors (Lipinski definition) is 1. The lowest BCUT2D eigenvalue weighted by atomic mass is 10.1. The van der Waals surface area contributed by atoms with Crippen molar-refractivity contribution in [3.63, 3.8) is 0 Å². The van der Waals surface area contributed by atoms with E-state index in [1.807, 2.05) is 12.1 Å². The van der Waals surface area contributed by atoms with Gasteiger partial charge in [0.05, 0.1) is 30.0 Å². The summed E-state index contributed by atoms with van der Waals surface area (Å²) in [5.41, 5.74) is 2.15. The first kappa shape index (κ1) is 20.9. The fraction of sp³-hybridized carbons (Fsp3) is 0.316. The Bertz CT molecular complexity index is 1140. The molecule has 0 bridgehead atoms. The second-order valence-corrected chi connectivity index (χ2v) is 11.0. The Morgan fingerprint density at radius 3 is 2.97 bits per heavy atom. The maximum absolute atomic E-state index is 12.6. The van der Waals surface area contributed by atoms with Crippen LogP contribution in [0.2, 0.25) is 0 Å². The van der Waals surface area contributed by atoms with Gasteiger partial charge in [0, 0.05) is 12.1 Å². The van der Waals surface area contributed by atoms with E-state index in [0.717, 1.165) is 11.3 Å². The minimum Gasteiger partial charge on any atom is -0.467 e. The molecule has 3 heterocycles. The Labute approximate surface area is 182 Å². The first-order valence-corrected chi connectivity index (χ1v) is 12.8. The third-order valence-electron chi connectivity index (χ3n) is 4.68. The number of thioether (sulfide) groups is 1. The van der Waals surface area contributed by atoms with Gasteiger partial charge in [0.1, 0.15) is 5.76 Å². The first-order valence-electron chi connectivity index (χ1n) is 9.35. The summed E-state index contributed by atoms with van der Waals surface area (Å²) in [5, 5.41) is 12.0. The number of hydrogen-bond acceptors (Lipinski definition) is 9. The summed E-state index contributed by atoms with van der Waals surface area (Å²) >= 11 is 2.71. The van der Waals surface area contributed by atoms with Crippen LogP contribution in [0.3, 0.4) is 0 Å². The molecule has 4 rings (SSSR count). The Kier molecular flexibility index (Phi) is 6.11. The maximum atomic E-state index is 12.6. The van der Waals surface area contributed by atoms with Gasteiger partial charge in [-0.25, -0.2) is 8.42 Å². The predicted octanol–water partition coefficient (Wildman–Crippen LogP) is 3.43. The lowest BCUT2D eigenvalue weighted by Crippen LogP contribution is -2.30. The third-order valence-corrected chi connectivity index (χ3v) is 8.48. The molecule has 0 amide bonds. The fourth-order valence-corrected chi connectivity index (χ4v) is 5.92. The Morgan fingerprint density at radius 2 is 2.20 bits per heavy atom. The molecule has 1 aliphatic rings. The molecule has 1 aromatic carbocycles. The molecule has 8 nitrogen and oxygen atoms in total. The van der Waals surface area contributed by atoms with Crippen molar-refractivity contribution in [1.29, 1.82) is 0 Å². The van der Waals surface area contributed by atoms with Crippen LogP contribution in [0.1, 0.15) is 28.6 Å². The number of nitrogens with one attached hydrogen (secondary N) is 1. The second kappa shape index (κ2) is 8.78. The molecular formula is C19H20N4O4S3. The Hall–Kier alpha value is -2.37. The third kappa shape index (κ3) is 4.52. The van der Waals surface area contributed by atoms with Gasteiger partial charge in [-0.15, -0.1) is 10.2 Å². The molecule has 11 heteroatoms. The highest BCUT2D eigenvalue weighted by atomic mass is 32.2. The van der Waals surface area contributed by atoms with Crippen molar-refractivity contribution < 1.29 is 17.6 Å². The molecule has 0 saturated carbocycles. The van der Waals surface area contributed by atoms with Gasteiger partial charge in [-0.2, -0.15) is 0 Å². The normalized spacial score (nSPS) is 13.4. The highest BCUT2D eigenvalue weighted by molar-refractivity contribution is 8.01. The average Bonchev–Trinajstić information content (AvgIpc) is 3.50. The lowest BCUT2D eigenvalue weighted by molar-refractivity contribution is 0.102. The van der Waals surface area contributed by atoms with Crippen LogP contribution in [0.25, 0.3) is 0 Å². The van der Waals surface area contributed by atoms with E-state index in [2.05, 4.69) is 15.5 Å². The molecule has 0 unspecified atom stereocenters. The van der Waals surface area contributed by atoms with Crippen LogP contribution >= 0.6 is 23.1 Å². The van der Waals surface area contributed by atoms with Gasteiger partial charge in [0.2, 0.25) is 15.2 Å². The standard InChI is InChI=1S/C19H20N4O4S3/c1-2-30(25,26)23-8-7-13-10-14(5-6-16(13)23)17(24)12-28-19-22-21-18(29-19)20-11-15-4-3-9-27-15/h3-6,9-10H,2,7-8,11-12H2,1H3,(H,20,21). The van der Waals surface area contributed by atoms with Crippen LogP contribution in [-0.2, 0) is 23.0 Å². The molecule has 0 atom stereocenters. The van der Waals surface area contributed by atoms with Crippen molar-refractivity contribution in [3.8, 4) is 0 Å². The van der Waals surface area contributed by atoms with Crippen LogP contribution in [0.4, 0.5) is 10.8 Å². The van der Waals surface area contributed by atoms with Crippen molar-refractivity contribution in [2.45, 2.75) is 24.2 Å². The molecule has 1 aliphatic heterocycles. The van der Waals surface area contributed by atoms with Gasteiger partial charge in [-0.05, 0) is 49.2 Å². The molecule has 30 heavy (non-hydrogen) atoms. The van der Waals surface area contributed by atoms with Gasteiger partial charge < -0.3 is 9.73 Å². The summed E-state index contributed by atoms with van der Waals surface area (Å²) in [6, 6.07) is 8.93. The first-order chi connectivity index (χ1) is 14.5. The van der Waals surface area contributed by atoms with Crippen LogP contribution in [-0.4, -0.2) is 42.4 Å². The molecule has 0 radical (unpaired) electrons. The predicted molar refractivity (Wildman–Crippen MR) is 118 cm³/mol. The Balaban J connectivity index is 1.35. The molecule has 0 saturated heterocycles. The van der Waals surface area contributed by atoms with Crippen LogP contribution in [0, 0.1) is 0 Å². The highest BCUT2D eigenvalue weighted by Crippen LogP contribution is 2.32. The molecule has 1 N–H and O–H groups in total. The van der Waals surface area contributed by atoms with Gasteiger partial charge >= 0.3 is 0 Å². The lowest BCUT2D eigenvalue weighted by Gasteiger charge is -2.18. The minimum atomic E-state index is -3.29. The minimum absolute atomic E-state index is 0.0279. The van der Waals surface area contributed by atoms with E-state index in [0.29, 0.717) is 40.2 Å². The summed E-state index contributed by atoms with van der Waals surface area (Å²) in [6.07, 6.45) is 2.23. The van der Waals surface area contributed by atoms with Crippen molar-refractivity contribution in [3.05, 3.63) is 53.5 Å². The van der Waals surface area contributed by atoms with E-state index in [1.54, 1.807) is 31.4 Å². The number of sulfonamides is 1. The average molecular weight is 465 g/mol. The van der Waals surface area contributed by atoms with Gasteiger partial charge in [0.25, 0.3) is 0 Å². The van der Waals surface area contributed by atoms with E-state index in [9.17, 15) is 13.2 Å². The molecular weight excluding hydrogens is 444 g/mol. The zero-order chi connectivity index (χ0) is 21.1. The van der Waals surface area contributed by atoms with Crippen LogP contribution in [0.5, 0.6) is 0 Å². The monoisotopic (exact) mass is 464 g/mol. The SMILES string of the molecule is CCS(=O)(=O)N1CCc2cc(C(=O)CSc3nnc(NCc4ccco4)s3)ccc21. The molecule has 2 aromatic heterocycles. The second-order valence-electron chi connectivity index (χ2n) is 6.58. The molecule has 3 aromatic rings. The maximum Gasteiger partial charge on any atom is 0.234 e. The number of carbonyl (C=O) groups excluding carboxylic acids is 1.